The van der Waals surface area contributed by atoms with Crippen LogP contribution in [0.5, 0.6) is 0 Å². The Morgan fingerprint density at radius 2 is 2.10 bits per heavy atom. The quantitative estimate of drug-likeness (QED) is 0.808. The lowest BCUT2D eigenvalue weighted by Crippen LogP contribution is -2.14. The van der Waals surface area contributed by atoms with Crippen molar-refractivity contribution >= 4 is 11.8 Å². The van der Waals surface area contributed by atoms with Gasteiger partial charge in [0.2, 0.25) is 0 Å². The Bertz CT molecular complexity index is 572. The molecule has 1 aromatic heterocycles. The molecule has 4 heteroatoms. The first-order chi connectivity index (χ1) is 9.70. The molecule has 106 valence electrons. The number of hydrogen-bond donors (Lipinski definition) is 1. The second kappa shape index (κ2) is 7.41. The van der Waals surface area contributed by atoms with Gasteiger partial charge in [-0.3, -0.25) is 0 Å². The third-order valence-corrected chi connectivity index (χ3v) is 4.06. The molecule has 1 heterocycles. The van der Waals surface area contributed by atoms with Gasteiger partial charge in [-0.25, -0.2) is 9.37 Å². The van der Waals surface area contributed by atoms with Crippen LogP contribution in [0.25, 0.3) is 0 Å². The minimum absolute atomic E-state index is 0.201. The smallest absolute Gasteiger partial charge is 0.137 e. The van der Waals surface area contributed by atoms with Crippen molar-refractivity contribution in [2.24, 2.45) is 0 Å². The number of aromatic nitrogens is 1. The SMILES string of the molecule is CCCNCc1cnc(Sc2ccccc2F)c(C)c1. The largest absolute Gasteiger partial charge is 0.313 e. The predicted octanol–water partition coefficient (Wildman–Crippen LogP) is 4.18. The lowest BCUT2D eigenvalue weighted by atomic mass is 10.2. The van der Waals surface area contributed by atoms with Gasteiger partial charge in [-0.05, 0) is 43.1 Å². The third-order valence-electron chi connectivity index (χ3n) is 2.89. The van der Waals surface area contributed by atoms with Gasteiger partial charge in [0.05, 0.1) is 0 Å². The van der Waals surface area contributed by atoms with E-state index < -0.39 is 0 Å². The Morgan fingerprint density at radius 1 is 1.30 bits per heavy atom. The van der Waals surface area contributed by atoms with Crippen LogP contribution in [0.3, 0.4) is 0 Å². The molecule has 20 heavy (non-hydrogen) atoms. The molecule has 0 bridgehead atoms. The Balaban J connectivity index is 2.08. The van der Waals surface area contributed by atoms with E-state index in [0.717, 1.165) is 35.7 Å². The van der Waals surface area contributed by atoms with Gasteiger partial charge in [0.25, 0.3) is 0 Å². The van der Waals surface area contributed by atoms with Crippen molar-refractivity contribution in [1.29, 1.82) is 0 Å². The summed E-state index contributed by atoms with van der Waals surface area (Å²) in [6.07, 6.45) is 2.98. The fourth-order valence-electron chi connectivity index (χ4n) is 1.87. The minimum atomic E-state index is -0.201. The highest BCUT2D eigenvalue weighted by Crippen LogP contribution is 2.30. The molecule has 0 atom stereocenters. The number of hydrogen-bond acceptors (Lipinski definition) is 3. The van der Waals surface area contributed by atoms with E-state index in [2.05, 4.69) is 23.3 Å². The molecule has 0 aliphatic rings. The molecule has 2 rings (SSSR count). The first kappa shape index (κ1) is 15.0. The van der Waals surface area contributed by atoms with Gasteiger partial charge < -0.3 is 5.32 Å². The maximum absolute atomic E-state index is 13.6. The molecule has 0 aliphatic heterocycles. The number of aryl methyl sites for hydroxylation is 1. The fraction of sp³-hybridized carbons (Fsp3) is 0.312. The highest BCUT2D eigenvalue weighted by molar-refractivity contribution is 7.99. The predicted molar refractivity (Wildman–Crippen MR) is 81.5 cm³/mol. The topological polar surface area (TPSA) is 24.9 Å². The van der Waals surface area contributed by atoms with Crippen LogP contribution < -0.4 is 5.32 Å². The first-order valence-corrected chi connectivity index (χ1v) is 7.61. The Labute approximate surface area is 123 Å². The van der Waals surface area contributed by atoms with Crippen molar-refractivity contribution < 1.29 is 4.39 Å². The second-order valence-electron chi connectivity index (χ2n) is 4.67. The molecular weight excluding hydrogens is 271 g/mol. The van der Waals surface area contributed by atoms with Crippen molar-refractivity contribution in [3.05, 3.63) is 53.5 Å². The van der Waals surface area contributed by atoms with Crippen LogP contribution in [0.1, 0.15) is 24.5 Å². The average molecular weight is 290 g/mol. The van der Waals surface area contributed by atoms with Crippen LogP contribution in [0.4, 0.5) is 4.39 Å². The number of pyridine rings is 1. The van der Waals surface area contributed by atoms with Crippen LogP contribution in [0.15, 0.2) is 46.5 Å². The summed E-state index contributed by atoms with van der Waals surface area (Å²) in [5, 5.41) is 4.21. The summed E-state index contributed by atoms with van der Waals surface area (Å²) in [5.74, 6) is -0.201. The summed E-state index contributed by atoms with van der Waals surface area (Å²) in [6, 6.07) is 8.89. The number of nitrogens with one attached hydrogen (secondary N) is 1. The second-order valence-corrected chi connectivity index (χ2v) is 5.71. The van der Waals surface area contributed by atoms with Crippen molar-refractivity contribution in [2.45, 2.75) is 36.7 Å². The summed E-state index contributed by atoms with van der Waals surface area (Å²) in [5.41, 5.74) is 2.24. The van der Waals surface area contributed by atoms with Crippen LogP contribution in [-0.2, 0) is 6.54 Å². The Hall–Kier alpha value is -1.39. The highest BCUT2D eigenvalue weighted by atomic mass is 32.2. The minimum Gasteiger partial charge on any atom is -0.313 e. The Kier molecular flexibility index (Phi) is 5.56. The van der Waals surface area contributed by atoms with E-state index >= 15 is 0 Å². The van der Waals surface area contributed by atoms with E-state index in [1.54, 1.807) is 12.1 Å². The number of nitrogens with zero attached hydrogens (tertiary/aromatic N) is 1. The van der Waals surface area contributed by atoms with Gasteiger partial charge in [-0.1, -0.05) is 36.9 Å². The molecule has 0 saturated heterocycles. The molecule has 1 aromatic carbocycles. The van der Waals surface area contributed by atoms with E-state index in [4.69, 9.17) is 0 Å². The van der Waals surface area contributed by atoms with E-state index in [1.165, 1.54) is 17.8 Å². The molecule has 2 aromatic rings. The third kappa shape index (κ3) is 4.05. The van der Waals surface area contributed by atoms with Crippen LogP contribution in [-0.4, -0.2) is 11.5 Å². The van der Waals surface area contributed by atoms with Crippen molar-refractivity contribution in [2.75, 3.05) is 6.54 Å². The molecule has 2 nitrogen and oxygen atoms in total. The maximum atomic E-state index is 13.6. The number of benzene rings is 1. The maximum Gasteiger partial charge on any atom is 0.137 e. The zero-order chi connectivity index (χ0) is 14.4. The normalized spacial score (nSPS) is 10.8. The molecule has 0 fully saturated rings. The van der Waals surface area contributed by atoms with Gasteiger partial charge in [0.1, 0.15) is 10.8 Å². The molecule has 0 saturated carbocycles. The van der Waals surface area contributed by atoms with Crippen molar-refractivity contribution in [1.82, 2.24) is 10.3 Å². The van der Waals surface area contributed by atoms with Gasteiger partial charge in [0, 0.05) is 17.6 Å². The molecule has 0 radical (unpaired) electrons. The molecule has 0 spiro atoms. The van der Waals surface area contributed by atoms with Gasteiger partial charge >= 0.3 is 0 Å². The summed E-state index contributed by atoms with van der Waals surface area (Å²) in [4.78, 5) is 5.06. The summed E-state index contributed by atoms with van der Waals surface area (Å²) >= 11 is 1.37. The van der Waals surface area contributed by atoms with Gasteiger partial charge in [-0.2, -0.15) is 0 Å². The van der Waals surface area contributed by atoms with E-state index in [0.29, 0.717) is 4.90 Å². The van der Waals surface area contributed by atoms with Crippen molar-refractivity contribution in [3.8, 4) is 0 Å². The van der Waals surface area contributed by atoms with Crippen molar-refractivity contribution in [3.63, 3.8) is 0 Å². The van der Waals surface area contributed by atoms with E-state index in [9.17, 15) is 4.39 Å². The summed E-state index contributed by atoms with van der Waals surface area (Å²) in [6.45, 7) is 5.99. The molecule has 0 amide bonds. The van der Waals surface area contributed by atoms with E-state index in [1.807, 2.05) is 19.2 Å². The first-order valence-electron chi connectivity index (χ1n) is 6.79. The monoisotopic (exact) mass is 290 g/mol. The molecular formula is C16H19FN2S. The van der Waals surface area contributed by atoms with Gasteiger partial charge in [0.15, 0.2) is 0 Å². The average Bonchev–Trinajstić information content (AvgIpc) is 2.44. The van der Waals surface area contributed by atoms with E-state index in [-0.39, 0.29) is 5.82 Å². The molecule has 0 unspecified atom stereocenters. The number of halogens is 1. The fourth-order valence-corrected chi connectivity index (χ4v) is 2.71. The summed E-state index contributed by atoms with van der Waals surface area (Å²) in [7, 11) is 0. The number of rotatable bonds is 6. The summed E-state index contributed by atoms with van der Waals surface area (Å²) < 4.78 is 13.6. The van der Waals surface area contributed by atoms with Crippen LogP contribution >= 0.6 is 11.8 Å². The molecule has 1 N–H and O–H groups in total. The lowest BCUT2D eigenvalue weighted by Gasteiger charge is -2.08. The molecule has 0 aliphatic carbocycles. The highest BCUT2D eigenvalue weighted by Gasteiger charge is 2.07. The van der Waals surface area contributed by atoms with Gasteiger partial charge in [-0.15, -0.1) is 0 Å². The zero-order valence-electron chi connectivity index (χ0n) is 11.8. The Morgan fingerprint density at radius 3 is 2.80 bits per heavy atom. The lowest BCUT2D eigenvalue weighted by molar-refractivity contribution is 0.602. The standard InChI is InChI=1S/C16H19FN2S/c1-3-8-18-10-13-9-12(2)16(19-11-13)20-15-7-5-4-6-14(15)17/h4-7,9,11,18H,3,8,10H2,1-2H3. The van der Waals surface area contributed by atoms with Crippen LogP contribution in [0.2, 0.25) is 0 Å². The van der Waals surface area contributed by atoms with Crippen LogP contribution in [0, 0.1) is 12.7 Å². The zero-order valence-corrected chi connectivity index (χ0v) is 12.6.